The van der Waals surface area contributed by atoms with Crippen molar-refractivity contribution in [1.82, 2.24) is 4.31 Å². The van der Waals surface area contributed by atoms with Gasteiger partial charge in [-0.3, -0.25) is 5.41 Å². The maximum atomic E-state index is 13.1. The molecule has 1 atom stereocenters. The van der Waals surface area contributed by atoms with Crippen molar-refractivity contribution in [3.63, 3.8) is 0 Å². The highest BCUT2D eigenvalue weighted by molar-refractivity contribution is 7.89. The highest BCUT2D eigenvalue weighted by Gasteiger charge is 2.25. The number of aliphatic hydroxyl groups is 1. The summed E-state index contributed by atoms with van der Waals surface area (Å²) < 4.78 is 27.4. The van der Waals surface area contributed by atoms with Crippen molar-refractivity contribution in [2.24, 2.45) is 5.73 Å². The first-order valence-electron chi connectivity index (χ1n) is 9.66. The van der Waals surface area contributed by atoms with Gasteiger partial charge in [-0.05, 0) is 47.2 Å². The average Bonchev–Trinajstić information content (AvgIpc) is 2.75. The van der Waals surface area contributed by atoms with E-state index in [2.05, 4.69) is 5.32 Å². The number of hydrogen-bond donors (Lipinski definition) is 4. The number of aliphatic hydroxyl groups excluding tert-OH is 1. The zero-order valence-corrected chi connectivity index (χ0v) is 17.6. The Morgan fingerprint density at radius 1 is 1.10 bits per heavy atom. The van der Waals surface area contributed by atoms with Crippen molar-refractivity contribution in [2.75, 3.05) is 25.0 Å². The van der Waals surface area contributed by atoms with Crippen LogP contribution in [-0.4, -0.2) is 49.4 Å². The molecule has 0 aliphatic carbocycles. The minimum absolute atomic E-state index is 0.0148. The van der Waals surface area contributed by atoms with E-state index in [1.807, 2.05) is 24.3 Å². The second-order valence-electron chi connectivity index (χ2n) is 6.99. The lowest BCUT2D eigenvalue weighted by Gasteiger charge is -2.24. The van der Waals surface area contributed by atoms with Crippen LogP contribution in [0.3, 0.4) is 0 Å². The Morgan fingerprint density at radius 3 is 2.40 bits per heavy atom. The van der Waals surface area contributed by atoms with Gasteiger partial charge in [0.15, 0.2) is 0 Å². The summed E-state index contributed by atoms with van der Waals surface area (Å²) >= 11 is 0. The molecule has 3 aromatic carbocycles. The number of anilines is 1. The van der Waals surface area contributed by atoms with E-state index in [-0.39, 0.29) is 30.4 Å². The highest BCUT2D eigenvalue weighted by Crippen LogP contribution is 2.22. The molecular formula is C22H26N4O3S. The molecule has 3 aromatic rings. The molecule has 0 heterocycles. The minimum atomic E-state index is -3.73. The summed E-state index contributed by atoms with van der Waals surface area (Å²) in [5.74, 6) is -0.0148. The van der Waals surface area contributed by atoms with Crippen molar-refractivity contribution in [3.05, 3.63) is 72.3 Å². The molecule has 0 bridgehead atoms. The van der Waals surface area contributed by atoms with Crippen LogP contribution in [0.2, 0.25) is 0 Å². The Balaban J connectivity index is 1.67. The van der Waals surface area contributed by atoms with Crippen molar-refractivity contribution >= 4 is 32.3 Å². The number of nitrogen functional groups attached to an aromatic ring is 1. The van der Waals surface area contributed by atoms with Crippen LogP contribution >= 0.6 is 0 Å². The van der Waals surface area contributed by atoms with Crippen LogP contribution in [0.5, 0.6) is 0 Å². The lowest BCUT2D eigenvalue weighted by Crippen LogP contribution is -2.39. The number of sulfonamides is 1. The number of amidine groups is 1. The van der Waals surface area contributed by atoms with Crippen LogP contribution in [0, 0.1) is 5.41 Å². The summed E-state index contributed by atoms with van der Waals surface area (Å²) in [5, 5.41) is 22.7. The van der Waals surface area contributed by atoms with Crippen LogP contribution in [-0.2, 0) is 10.0 Å². The van der Waals surface area contributed by atoms with Crippen molar-refractivity contribution < 1.29 is 13.5 Å². The molecule has 0 saturated carbocycles. The van der Waals surface area contributed by atoms with Gasteiger partial charge in [-0.1, -0.05) is 37.3 Å². The zero-order valence-electron chi connectivity index (χ0n) is 16.7. The number of hydrogen-bond acceptors (Lipinski definition) is 5. The van der Waals surface area contributed by atoms with E-state index in [1.54, 1.807) is 49.4 Å². The van der Waals surface area contributed by atoms with Crippen LogP contribution < -0.4 is 11.1 Å². The molecule has 8 heteroatoms. The molecular weight excluding hydrogens is 400 g/mol. The maximum Gasteiger partial charge on any atom is 0.243 e. The van der Waals surface area contributed by atoms with E-state index in [9.17, 15) is 13.5 Å². The molecule has 5 N–H and O–H groups in total. The predicted molar refractivity (Wildman–Crippen MR) is 120 cm³/mol. The summed E-state index contributed by atoms with van der Waals surface area (Å²) in [5.41, 5.74) is 6.80. The number of likely N-dealkylation sites (N-methyl/N-ethyl adjacent to an activating group) is 1. The van der Waals surface area contributed by atoms with E-state index >= 15 is 0 Å². The zero-order chi connectivity index (χ0) is 21.7. The summed E-state index contributed by atoms with van der Waals surface area (Å²) in [6, 6.07) is 19.6. The summed E-state index contributed by atoms with van der Waals surface area (Å²) in [7, 11) is -3.73. The normalized spacial score (nSPS) is 12.8. The number of benzene rings is 3. The standard InChI is InChI=1S/C22H26N4O3S/c1-2-26(15-20(27)14-25-19-10-7-17(8-11-19)22(23)24)30(28,29)21-12-9-16-5-3-4-6-18(16)13-21/h3-13,20,25,27H,2,14-15H2,1H3,(H3,23,24). The topological polar surface area (TPSA) is 120 Å². The van der Waals surface area contributed by atoms with Crippen LogP contribution in [0.25, 0.3) is 10.8 Å². The van der Waals surface area contributed by atoms with Crippen LogP contribution in [0.15, 0.2) is 71.6 Å². The third-order valence-electron chi connectivity index (χ3n) is 4.86. The lowest BCUT2D eigenvalue weighted by atomic mass is 10.1. The number of nitrogens with two attached hydrogens (primary N) is 1. The van der Waals surface area contributed by atoms with Crippen molar-refractivity contribution in [2.45, 2.75) is 17.9 Å². The summed E-state index contributed by atoms with van der Waals surface area (Å²) in [6.45, 7) is 2.16. The van der Waals surface area contributed by atoms with Gasteiger partial charge < -0.3 is 16.2 Å². The van der Waals surface area contributed by atoms with Gasteiger partial charge in [-0.15, -0.1) is 0 Å². The Labute approximate surface area is 176 Å². The Hall–Kier alpha value is -2.94. The van der Waals surface area contributed by atoms with Crippen molar-refractivity contribution in [3.8, 4) is 0 Å². The van der Waals surface area contributed by atoms with Gasteiger partial charge in [0.05, 0.1) is 11.0 Å². The first kappa shape index (κ1) is 21.8. The number of fused-ring (bicyclic) bond motifs is 1. The van der Waals surface area contributed by atoms with E-state index in [0.717, 1.165) is 16.5 Å². The van der Waals surface area contributed by atoms with Gasteiger partial charge in [-0.25, -0.2) is 8.42 Å². The Morgan fingerprint density at radius 2 is 1.77 bits per heavy atom. The fourth-order valence-corrected chi connectivity index (χ4v) is 4.70. The third kappa shape index (κ3) is 4.96. The molecule has 0 aliphatic heterocycles. The van der Waals surface area contributed by atoms with Gasteiger partial charge in [0.25, 0.3) is 0 Å². The third-order valence-corrected chi connectivity index (χ3v) is 6.80. The Bertz CT molecular complexity index is 1130. The SMILES string of the molecule is CCN(CC(O)CNc1ccc(C(=N)N)cc1)S(=O)(=O)c1ccc2ccccc2c1. The first-order valence-corrected chi connectivity index (χ1v) is 11.1. The largest absolute Gasteiger partial charge is 0.390 e. The average molecular weight is 427 g/mol. The van der Waals surface area contributed by atoms with Crippen LogP contribution in [0.4, 0.5) is 5.69 Å². The molecule has 0 amide bonds. The summed E-state index contributed by atoms with van der Waals surface area (Å²) in [4.78, 5) is 0.211. The molecule has 0 radical (unpaired) electrons. The number of nitrogens with zero attached hydrogens (tertiary/aromatic N) is 1. The molecule has 158 valence electrons. The second kappa shape index (κ2) is 9.25. The number of rotatable bonds is 9. The van der Waals surface area contributed by atoms with Crippen LogP contribution in [0.1, 0.15) is 12.5 Å². The van der Waals surface area contributed by atoms with E-state index in [4.69, 9.17) is 11.1 Å². The van der Waals surface area contributed by atoms with Gasteiger partial charge in [0.1, 0.15) is 5.84 Å². The van der Waals surface area contributed by atoms with Gasteiger partial charge in [0.2, 0.25) is 10.0 Å². The molecule has 1 unspecified atom stereocenters. The molecule has 0 spiro atoms. The van der Waals surface area contributed by atoms with E-state index < -0.39 is 16.1 Å². The summed E-state index contributed by atoms with van der Waals surface area (Å²) in [6.07, 6.45) is -0.896. The smallest absolute Gasteiger partial charge is 0.243 e. The minimum Gasteiger partial charge on any atom is -0.390 e. The molecule has 30 heavy (non-hydrogen) atoms. The predicted octanol–water partition coefficient (Wildman–Crippen LogP) is 2.61. The molecule has 7 nitrogen and oxygen atoms in total. The fraction of sp³-hybridized carbons (Fsp3) is 0.227. The second-order valence-corrected chi connectivity index (χ2v) is 8.93. The van der Waals surface area contributed by atoms with Gasteiger partial charge in [-0.2, -0.15) is 4.31 Å². The van der Waals surface area contributed by atoms with Gasteiger partial charge in [0, 0.05) is 30.9 Å². The van der Waals surface area contributed by atoms with Crippen molar-refractivity contribution in [1.29, 1.82) is 5.41 Å². The molecule has 3 rings (SSSR count). The maximum absolute atomic E-state index is 13.1. The monoisotopic (exact) mass is 426 g/mol. The molecule has 0 fully saturated rings. The quantitative estimate of drug-likeness (QED) is 0.310. The molecule has 0 aliphatic rings. The number of nitrogens with one attached hydrogen (secondary N) is 2. The first-order chi connectivity index (χ1) is 14.3. The Kier molecular flexibility index (Phi) is 6.71. The fourth-order valence-electron chi connectivity index (χ4n) is 3.18. The lowest BCUT2D eigenvalue weighted by molar-refractivity contribution is 0.159. The van der Waals surface area contributed by atoms with Gasteiger partial charge >= 0.3 is 0 Å². The molecule has 0 saturated heterocycles. The highest BCUT2D eigenvalue weighted by atomic mass is 32.2. The van der Waals surface area contributed by atoms with E-state index in [1.165, 1.54) is 4.31 Å². The van der Waals surface area contributed by atoms with E-state index in [0.29, 0.717) is 5.56 Å². The molecule has 0 aromatic heterocycles.